The summed E-state index contributed by atoms with van der Waals surface area (Å²) in [6.07, 6.45) is 5.36. The summed E-state index contributed by atoms with van der Waals surface area (Å²) < 4.78 is 5.48. The van der Waals surface area contributed by atoms with E-state index in [1.165, 1.54) is 0 Å². The highest BCUT2D eigenvalue weighted by Crippen LogP contribution is 2.38. The number of hydrogen-bond acceptors (Lipinski definition) is 3. The van der Waals surface area contributed by atoms with Crippen molar-refractivity contribution >= 4 is 11.8 Å². The van der Waals surface area contributed by atoms with Crippen molar-refractivity contribution in [3.8, 4) is 0 Å². The van der Waals surface area contributed by atoms with E-state index in [0.717, 1.165) is 38.5 Å². The van der Waals surface area contributed by atoms with Gasteiger partial charge in [0.15, 0.2) is 0 Å². The lowest BCUT2D eigenvalue weighted by molar-refractivity contribution is -0.160. The fourth-order valence-electron chi connectivity index (χ4n) is 4.07. The van der Waals surface area contributed by atoms with Crippen LogP contribution in [0.2, 0.25) is 0 Å². The quantitative estimate of drug-likeness (QED) is 0.857. The van der Waals surface area contributed by atoms with E-state index in [4.69, 9.17) is 4.74 Å². The molecule has 1 N–H and O–H groups in total. The highest BCUT2D eigenvalue weighted by atomic mass is 16.5. The Balaban J connectivity index is 1.93. The number of ether oxygens (including phenoxy) is 1. The second-order valence-electron chi connectivity index (χ2n) is 6.84. The van der Waals surface area contributed by atoms with Gasteiger partial charge in [-0.15, -0.1) is 0 Å². The molecule has 1 aliphatic carbocycles. The second-order valence-corrected chi connectivity index (χ2v) is 6.84. The van der Waals surface area contributed by atoms with Gasteiger partial charge in [-0.3, -0.25) is 9.59 Å². The molecule has 5 heteroatoms. The van der Waals surface area contributed by atoms with Gasteiger partial charge in [-0.1, -0.05) is 33.1 Å². The third kappa shape index (κ3) is 2.35. The number of piperazine rings is 1. The molecule has 0 bridgehead atoms. The second kappa shape index (κ2) is 5.59. The molecular formula is C16H26N2O3. The highest BCUT2D eigenvalue weighted by Gasteiger charge is 2.54. The Morgan fingerprint density at radius 1 is 1.38 bits per heavy atom. The molecule has 2 saturated heterocycles. The summed E-state index contributed by atoms with van der Waals surface area (Å²) in [4.78, 5) is 27.8. The van der Waals surface area contributed by atoms with Crippen molar-refractivity contribution < 1.29 is 14.3 Å². The van der Waals surface area contributed by atoms with Crippen LogP contribution in [-0.4, -0.2) is 47.6 Å². The van der Waals surface area contributed by atoms with E-state index in [2.05, 4.69) is 19.2 Å². The van der Waals surface area contributed by atoms with Crippen molar-refractivity contribution in [1.29, 1.82) is 0 Å². The molecule has 1 saturated carbocycles. The fourth-order valence-corrected chi connectivity index (χ4v) is 4.07. The molecule has 2 heterocycles. The minimum absolute atomic E-state index is 0.0396. The summed E-state index contributed by atoms with van der Waals surface area (Å²) in [5.41, 5.74) is -0.621. The molecule has 0 aromatic heterocycles. The minimum atomic E-state index is -0.621. The molecular weight excluding hydrogens is 268 g/mol. The van der Waals surface area contributed by atoms with E-state index in [1.54, 1.807) is 0 Å². The minimum Gasteiger partial charge on any atom is -0.379 e. The average molecular weight is 294 g/mol. The molecule has 2 amide bonds. The zero-order chi connectivity index (χ0) is 15.0. The first-order valence-corrected chi connectivity index (χ1v) is 8.31. The Labute approximate surface area is 126 Å². The Bertz CT molecular complexity index is 425. The van der Waals surface area contributed by atoms with Gasteiger partial charge in [-0.2, -0.15) is 0 Å². The van der Waals surface area contributed by atoms with Crippen LogP contribution < -0.4 is 5.32 Å². The van der Waals surface area contributed by atoms with Crippen LogP contribution in [0.15, 0.2) is 0 Å². The van der Waals surface area contributed by atoms with Crippen LogP contribution >= 0.6 is 0 Å². The normalized spacial score (nSPS) is 33.5. The van der Waals surface area contributed by atoms with E-state index in [0.29, 0.717) is 13.2 Å². The summed E-state index contributed by atoms with van der Waals surface area (Å²) in [5.74, 6) is 0.353. The molecule has 3 aliphatic rings. The average Bonchev–Trinajstić information content (AvgIpc) is 3.14. The predicted octanol–water partition coefficient (Wildman–Crippen LogP) is 1.46. The van der Waals surface area contributed by atoms with Gasteiger partial charge in [0.05, 0.1) is 12.6 Å². The van der Waals surface area contributed by atoms with Gasteiger partial charge in [0.25, 0.3) is 0 Å². The molecule has 0 aromatic rings. The van der Waals surface area contributed by atoms with Gasteiger partial charge < -0.3 is 15.0 Å². The third-order valence-corrected chi connectivity index (χ3v) is 5.51. The van der Waals surface area contributed by atoms with Crippen LogP contribution in [0.1, 0.15) is 52.4 Å². The standard InChI is InChI=1S/C16H26N2O3/c1-3-11(2)13-14(19)17-16(7-4-5-8-16)15(20)18(13)12-6-9-21-10-12/h11-13H,3-10H2,1-2H3,(H,17,19). The zero-order valence-electron chi connectivity index (χ0n) is 13.1. The first-order valence-electron chi connectivity index (χ1n) is 8.31. The summed E-state index contributed by atoms with van der Waals surface area (Å²) in [6, 6.07) is -0.263. The van der Waals surface area contributed by atoms with E-state index >= 15 is 0 Å². The number of carbonyl (C=O) groups excluding carboxylic acids is 2. The van der Waals surface area contributed by atoms with Crippen molar-refractivity contribution in [2.75, 3.05) is 13.2 Å². The molecule has 3 fully saturated rings. The number of carbonyl (C=O) groups is 2. The first-order chi connectivity index (χ1) is 10.1. The summed E-state index contributed by atoms with van der Waals surface area (Å²) in [7, 11) is 0. The van der Waals surface area contributed by atoms with Crippen molar-refractivity contribution in [1.82, 2.24) is 10.2 Å². The van der Waals surface area contributed by atoms with E-state index in [9.17, 15) is 9.59 Å². The molecule has 3 atom stereocenters. The number of rotatable bonds is 3. The lowest BCUT2D eigenvalue weighted by Crippen LogP contribution is -2.72. The Kier molecular flexibility index (Phi) is 3.95. The van der Waals surface area contributed by atoms with Crippen LogP contribution in [-0.2, 0) is 14.3 Å². The maximum Gasteiger partial charge on any atom is 0.249 e. The van der Waals surface area contributed by atoms with Gasteiger partial charge in [0.1, 0.15) is 11.6 Å². The SMILES string of the molecule is CCC(C)C1C(=O)NC2(CCCC2)C(=O)N1C1CCOC1. The Hall–Kier alpha value is -1.10. The van der Waals surface area contributed by atoms with E-state index in [-0.39, 0.29) is 29.8 Å². The van der Waals surface area contributed by atoms with Crippen LogP contribution in [0.4, 0.5) is 0 Å². The molecule has 1 spiro atoms. The monoisotopic (exact) mass is 294 g/mol. The lowest BCUT2D eigenvalue weighted by atomic mass is 9.85. The molecule has 118 valence electrons. The van der Waals surface area contributed by atoms with Crippen LogP contribution in [0.5, 0.6) is 0 Å². The summed E-state index contributed by atoms with van der Waals surface area (Å²) in [5, 5.41) is 3.09. The number of nitrogens with one attached hydrogen (secondary N) is 1. The van der Waals surface area contributed by atoms with Gasteiger partial charge in [-0.05, 0) is 25.2 Å². The van der Waals surface area contributed by atoms with Crippen molar-refractivity contribution in [3.63, 3.8) is 0 Å². The molecule has 3 unspecified atom stereocenters. The van der Waals surface area contributed by atoms with Crippen molar-refractivity contribution in [3.05, 3.63) is 0 Å². The van der Waals surface area contributed by atoms with Gasteiger partial charge >= 0.3 is 0 Å². The molecule has 2 aliphatic heterocycles. The third-order valence-electron chi connectivity index (χ3n) is 5.51. The molecule has 3 rings (SSSR count). The zero-order valence-corrected chi connectivity index (χ0v) is 13.1. The van der Waals surface area contributed by atoms with Crippen LogP contribution in [0.3, 0.4) is 0 Å². The largest absolute Gasteiger partial charge is 0.379 e. The van der Waals surface area contributed by atoms with Gasteiger partial charge in [0.2, 0.25) is 11.8 Å². The topological polar surface area (TPSA) is 58.6 Å². The van der Waals surface area contributed by atoms with E-state index in [1.807, 2.05) is 4.90 Å². The number of nitrogens with zero attached hydrogens (tertiary/aromatic N) is 1. The predicted molar refractivity (Wildman–Crippen MR) is 78.7 cm³/mol. The maximum absolute atomic E-state index is 13.2. The fraction of sp³-hybridized carbons (Fsp3) is 0.875. The highest BCUT2D eigenvalue weighted by molar-refractivity contribution is 6.00. The molecule has 5 nitrogen and oxygen atoms in total. The van der Waals surface area contributed by atoms with Gasteiger partial charge in [0, 0.05) is 6.61 Å². The Morgan fingerprint density at radius 3 is 2.67 bits per heavy atom. The smallest absolute Gasteiger partial charge is 0.249 e. The number of hydrogen-bond donors (Lipinski definition) is 1. The van der Waals surface area contributed by atoms with Crippen molar-refractivity contribution in [2.24, 2.45) is 5.92 Å². The molecule has 0 aromatic carbocycles. The summed E-state index contributed by atoms with van der Waals surface area (Å²) in [6.45, 7) is 5.40. The summed E-state index contributed by atoms with van der Waals surface area (Å²) >= 11 is 0. The first kappa shape index (κ1) is 14.8. The van der Waals surface area contributed by atoms with Crippen LogP contribution in [0.25, 0.3) is 0 Å². The van der Waals surface area contributed by atoms with Gasteiger partial charge in [-0.25, -0.2) is 0 Å². The molecule has 21 heavy (non-hydrogen) atoms. The lowest BCUT2D eigenvalue weighted by Gasteiger charge is -2.48. The van der Waals surface area contributed by atoms with Crippen molar-refractivity contribution in [2.45, 2.75) is 70.0 Å². The van der Waals surface area contributed by atoms with Crippen LogP contribution in [0, 0.1) is 5.92 Å². The number of amides is 2. The molecule has 0 radical (unpaired) electrons. The Morgan fingerprint density at radius 2 is 2.10 bits per heavy atom. The van der Waals surface area contributed by atoms with E-state index < -0.39 is 5.54 Å². The maximum atomic E-state index is 13.2.